The lowest BCUT2D eigenvalue weighted by molar-refractivity contribution is 0.468. The van der Waals surface area contributed by atoms with Crippen molar-refractivity contribution in [2.75, 3.05) is 6.54 Å². The Balaban J connectivity index is 2.26. The SMILES string of the molecule is NCC(N)c1ccccc1Oc1ccc(F)cc1. The van der Waals surface area contributed by atoms with Gasteiger partial charge in [0.2, 0.25) is 0 Å². The monoisotopic (exact) mass is 246 g/mol. The van der Waals surface area contributed by atoms with Crippen molar-refractivity contribution in [3.8, 4) is 11.5 Å². The van der Waals surface area contributed by atoms with Crippen LogP contribution in [-0.4, -0.2) is 6.54 Å². The molecule has 2 aromatic carbocycles. The van der Waals surface area contributed by atoms with Crippen molar-refractivity contribution in [1.29, 1.82) is 0 Å². The zero-order chi connectivity index (χ0) is 13.0. The molecule has 0 aliphatic rings. The zero-order valence-electron chi connectivity index (χ0n) is 9.84. The van der Waals surface area contributed by atoms with Crippen LogP contribution in [-0.2, 0) is 0 Å². The molecule has 0 spiro atoms. The molecule has 0 fully saturated rings. The molecule has 2 rings (SSSR count). The number of benzene rings is 2. The Labute approximate surface area is 105 Å². The van der Waals surface area contributed by atoms with Crippen LogP contribution in [0.25, 0.3) is 0 Å². The van der Waals surface area contributed by atoms with Crippen molar-refractivity contribution in [1.82, 2.24) is 0 Å². The predicted octanol–water partition coefficient (Wildman–Crippen LogP) is 2.58. The molecular formula is C14H15FN2O. The van der Waals surface area contributed by atoms with Crippen LogP contribution in [0.15, 0.2) is 48.5 Å². The number of hydrogen-bond acceptors (Lipinski definition) is 3. The smallest absolute Gasteiger partial charge is 0.132 e. The molecule has 0 radical (unpaired) electrons. The van der Waals surface area contributed by atoms with E-state index in [1.807, 2.05) is 24.3 Å². The van der Waals surface area contributed by atoms with Gasteiger partial charge < -0.3 is 16.2 Å². The molecular weight excluding hydrogens is 231 g/mol. The van der Waals surface area contributed by atoms with E-state index < -0.39 is 0 Å². The van der Waals surface area contributed by atoms with Gasteiger partial charge in [0.15, 0.2) is 0 Å². The van der Waals surface area contributed by atoms with Gasteiger partial charge in [-0.05, 0) is 30.3 Å². The Morgan fingerprint density at radius 3 is 2.39 bits per heavy atom. The maximum absolute atomic E-state index is 12.8. The number of rotatable bonds is 4. The van der Waals surface area contributed by atoms with Gasteiger partial charge in [-0.2, -0.15) is 0 Å². The second-order valence-electron chi connectivity index (χ2n) is 3.94. The number of nitrogens with two attached hydrogens (primary N) is 2. The van der Waals surface area contributed by atoms with E-state index in [9.17, 15) is 4.39 Å². The van der Waals surface area contributed by atoms with Gasteiger partial charge in [0.05, 0.1) is 0 Å². The zero-order valence-corrected chi connectivity index (χ0v) is 9.84. The van der Waals surface area contributed by atoms with Gasteiger partial charge in [-0.3, -0.25) is 0 Å². The van der Waals surface area contributed by atoms with E-state index in [-0.39, 0.29) is 11.9 Å². The summed E-state index contributed by atoms with van der Waals surface area (Å²) in [5, 5.41) is 0. The van der Waals surface area contributed by atoms with Gasteiger partial charge in [0.1, 0.15) is 17.3 Å². The highest BCUT2D eigenvalue weighted by Gasteiger charge is 2.10. The molecule has 0 saturated heterocycles. The van der Waals surface area contributed by atoms with E-state index in [0.29, 0.717) is 18.0 Å². The van der Waals surface area contributed by atoms with E-state index in [1.54, 1.807) is 12.1 Å². The van der Waals surface area contributed by atoms with E-state index in [0.717, 1.165) is 5.56 Å². The summed E-state index contributed by atoms with van der Waals surface area (Å²) in [5.41, 5.74) is 12.3. The molecule has 4 N–H and O–H groups in total. The Bertz CT molecular complexity index is 513. The van der Waals surface area contributed by atoms with Gasteiger partial charge >= 0.3 is 0 Å². The quantitative estimate of drug-likeness (QED) is 0.871. The Hall–Kier alpha value is -1.91. The number of halogens is 1. The second kappa shape index (κ2) is 5.62. The van der Waals surface area contributed by atoms with E-state index >= 15 is 0 Å². The van der Waals surface area contributed by atoms with Crippen molar-refractivity contribution in [2.45, 2.75) is 6.04 Å². The minimum absolute atomic E-state index is 0.276. The average Bonchev–Trinajstić information content (AvgIpc) is 2.41. The first kappa shape index (κ1) is 12.5. The fourth-order valence-corrected chi connectivity index (χ4v) is 1.64. The average molecular weight is 246 g/mol. The normalized spacial score (nSPS) is 12.2. The molecule has 0 amide bonds. The Morgan fingerprint density at radius 1 is 1.06 bits per heavy atom. The minimum Gasteiger partial charge on any atom is -0.457 e. The number of para-hydroxylation sites is 1. The maximum Gasteiger partial charge on any atom is 0.132 e. The van der Waals surface area contributed by atoms with E-state index in [4.69, 9.17) is 16.2 Å². The van der Waals surface area contributed by atoms with Crippen LogP contribution in [0.1, 0.15) is 11.6 Å². The van der Waals surface area contributed by atoms with Crippen molar-refractivity contribution >= 4 is 0 Å². The topological polar surface area (TPSA) is 61.3 Å². The molecule has 0 heterocycles. The lowest BCUT2D eigenvalue weighted by atomic mass is 10.1. The molecule has 18 heavy (non-hydrogen) atoms. The van der Waals surface area contributed by atoms with E-state index in [1.165, 1.54) is 12.1 Å². The fraction of sp³-hybridized carbons (Fsp3) is 0.143. The third-order valence-electron chi connectivity index (χ3n) is 2.61. The fourth-order valence-electron chi connectivity index (χ4n) is 1.64. The van der Waals surface area contributed by atoms with Gasteiger partial charge in [-0.1, -0.05) is 18.2 Å². The second-order valence-corrected chi connectivity index (χ2v) is 3.94. The van der Waals surface area contributed by atoms with Gasteiger partial charge in [-0.15, -0.1) is 0 Å². The van der Waals surface area contributed by atoms with E-state index in [2.05, 4.69) is 0 Å². The first-order valence-corrected chi connectivity index (χ1v) is 5.68. The molecule has 4 heteroatoms. The lowest BCUT2D eigenvalue weighted by Gasteiger charge is -2.15. The van der Waals surface area contributed by atoms with Gasteiger partial charge in [0, 0.05) is 18.2 Å². The maximum atomic E-state index is 12.8. The third-order valence-corrected chi connectivity index (χ3v) is 2.61. The standard InChI is InChI=1S/C14H15FN2O/c15-10-5-7-11(8-6-10)18-14-4-2-1-3-12(14)13(17)9-16/h1-8,13H,9,16-17H2. The van der Waals surface area contributed by atoms with Crippen LogP contribution in [0.3, 0.4) is 0 Å². The summed E-state index contributed by atoms with van der Waals surface area (Å²) in [4.78, 5) is 0. The molecule has 1 atom stereocenters. The van der Waals surface area contributed by atoms with Crippen LogP contribution in [0, 0.1) is 5.82 Å². The first-order chi connectivity index (χ1) is 8.70. The summed E-state index contributed by atoms with van der Waals surface area (Å²) in [6.07, 6.45) is 0. The largest absolute Gasteiger partial charge is 0.457 e. The molecule has 2 aromatic rings. The van der Waals surface area contributed by atoms with Crippen LogP contribution < -0.4 is 16.2 Å². The summed E-state index contributed by atoms with van der Waals surface area (Å²) in [5.74, 6) is 0.907. The third kappa shape index (κ3) is 2.85. The lowest BCUT2D eigenvalue weighted by Crippen LogP contribution is -2.21. The molecule has 0 aliphatic heterocycles. The Kier molecular flexibility index (Phi) is 3.92. The molecule has 0 bridgehead atoms. The highest BCUT2D eigenvalue weighted by atomic mass is 19.1. The highest BCUT2D eigenvalue weighted by molar-refractivity contribution is 5.39. The first-order valence-electron chi connectivity index (χ1n) is 5.68. The van der Waals surface area contributed by atoms with Gasteiger partial charge in [0.25, 0.3) is 0 Å². The van der Waals surface area contributed by atoms with Crippen LogP contribution in [0.2, 0.25) is 0 Å². The minimum atomic E-state index is -0.297. The number of ether oxygens (including phenoxy) is 1. The van der Waals surface area contributed by atoms with Crippen molar-refractivity contribution in [2.24, 2.45) is 11.5 Å². The summed E-state index contributed by atoms with van der Waals surface area (Å²) >= 11 is 0. The predicted molar refractivity (Wildman–Crippen MR) is 68.9 cm³/mol. The molecule has 3 nitrogen and oxygen atoms in total. The summed E-state index contributed by atoms with van der Waals surface area (Å²) in [6.45, 7) is 0.337. The number of hydrogen-bond donors (Lipinski definition) is 2. The summed E-state index contributed by atoms with van der Waals surface area (Å²) < 4.78 is 18.5. The van der Waals surface area contributed by atoms with Gasteiger partial charge in [-0.25, -0.2) is 4.39 Å². The van der Waals surface area contributed by atoms with Crippen LogP contribution >= 0.6 is 0 Å². The van der Waals surface area contributed by atoms with Crippen molar-refractivity contribution < 1.29 is 9.13 Å². The molecule has 0 saturated carbocycles. The summed E-state index contributed by atoms with van der Waals surface area (Å²) in [7, 11) is 0. The molecule has 0 aromatic heterocycles. The highest BCUT2D eigenvalue weighted by Crippen LogP contribution is 2.28. The van der Waals surface area contributed by atoms with Crippen LogP contribution in [0.5, 0.6) is 11.5 Å². The summed E-state index contributed by atoms with van der Waals surface area (Å²) in [6, 6.07) is 13.0. The molecule has 0 aliphatic carbocycles. The van der Waals surface area contributed by atoms with Crippen molar-refractivity contribution in [3.63, 3.8) is 0 Å². The molecule has 1 unspecified atom stereocenters. The molecule has 94 valence electrons. The Morgan fingerprint density at radius 2 is 1.72 bits per heavy atom. The van der Waals surface area contributed by atoms with Crippen LogP contribution in [0.4, 0.5) is 4.39 Å². The van der Waals surface area contributed by atoms with Crippen molar-refractivity contribution in [3.05, 3.63) is 59.9 Å².